The van der Waals surface area contributed by atoms with Gasteiger partial charge >= 0.3 is 0 Å². The van der Waals surface area contributed by atoms with E-state index in [0.717, 1.165) is 34.4 Å². The summed E-state index contributed by atoms with van der Waals surface area (Å²) in [6.45, 7) is 0.710. The van der Waals surface area contributed by atoms with Crippen molar-refractivity contribution in [3.05, 3.63) is 42.5 Å². The third-order valence-electron chi connectivity index (χ3n) is 3.10. The Hall–Kier alpha value is -2.69. The molecule has 0 aromatic heterocycles. The molecule has 1 aliphatic rings. The van der Waals surface area contributed by atoms with Crippen LogP contribution in [0.1, 0.15) is 0 Å². The van der Waals surface area contributed by atoms with Crippen LogP contribution < -0.4 is 21.1 Å². The van der Waals surface area contributed by atoms with E-state index in [1.54, 1.807) is 7.05 Å². The Morgan fingerprint density at radius 3 is 2.55 bits per heavy atom. The molecule has 0 aliphatic carbocycles. The van der Waals surface area contributed by atoms with Crippen molar-refractivity contribution in [3.8, 4) is 11.5 Å². The van der Waals surface area contributed by atoms with E-state index in [4.69, 9.17) is 10.5 Å². The molecule has 4 N–H and O–H groups in total. The number of benzene rings is 2. The van der Waals surface area contributed by atoms with E-state index in [1.165, 1.54) is 0 Å². The Morgan fingerprint density at radius 2 is 1.80 bits per heavy atom. The minimum atomic E-state index is 0.710. The van der Waals surface area contributed by atoms with Crippen LogP contribution in [0.15, 0.2) is 47.5 Å². The number of nitrogens with two attached hydrogens (primary N) is 1. The maximum atomic E-state index is 5.81. The Labute approximate surface area is 117 Å². The van der Waals surface area contributed by atoms with Gasteiger partial charge in [-0.3, -0.25) is 4.99 Å². The van der Waals surface area contributed by atoms with Gasteiger partial charge in [0.2, 0.25) is 0 Å². The highest BCUT2D eigenvalue weighted by Crippen LogP contribution is 2.31. The summed E-state index contributed by atoms with van der Waals surface area (Å²) in [4.78, 5) is 4.16. The number of hydrogen-bond acceptors (Lipinski definition) is 4. The molecular formula is C15H16N4O. The molecule has 5 nitrogen and oxygen atoms in total. The van der Waals surface area contributed by atoms with Crippen LogP contribution in [0.2, 0.25) is 0 Å². The van der Waals surface area contributed by atoms with Crippen molar-refractivity contribution in [1.82, 2.24) is 0 Å². The van der Waals surface area contributed by atoms with Gasteiger partial charge in [0.1, 0.15) is 17.3 Å². The minimum Gasteiger partial charge on any atom is -0.457 e. The van der Waals surface area contributed by atoms with Crippen LogP contribution >= 0.6 is 0 Å². The van der Waals surface area contributed by atoms with Crippen LogP contribution in [-0.2, 0) is 0 Å². The second-order valence-electron chi connectivity index (χ2n) is 4.53. The van der Waals surface area contributed by atoms with Gasteiger partial charge in [-0.05, 0) is 36.4 Å². The zero-order chi connectivity index (χ0) is 13.9. The van der Waals surface area contributed by atoms with Gasteiger partial charge < -0.3 is 21.1 Å². The van der Waals surface area contributed by atoms with Gasteiger partial charge in [-0.25, -0.2) is 0 Å². The van der Waals surface area contributed by atoms with E-state index in [-0.39, 0.29) is 0 Å². The molecule has 1 aliphatic heterocycles. The lowest BCUT2D eigenvalue weighted by atomic mass is 10.2. The number of hydrogen-bond donors (Lipinski definition) is 3. The second-order valence-corrected chi connectivity index (χ2v) is 4.53. The topological polar surface area (TPSA) is 71.7 Å². The average molecular weight is 268 g/mol. The van der Waals surface area contributed by atoms with Gasteiger partial charge in [0.15, 0.2) is 0 Å². The third-order valence-corrected chi connectivity index (χ3v) is 3.10. The Kier molecular flexibility index (Phi) is 3.16. The molecule has 0 unspecified atom stereocenters. The van der Waals surface area contributed by atoms with Crippen LogP contribution in [-0.4, -0.2) is 19.4 Å². The molecule has 2 aromatic rings. The summed E-state index contributed by atoms with van der Waals surface area (Å²) in [5.41, 5.74) is 8.38. The first-order chi connectivity index (χ1) is 9.74. The highest BCUT2D eigenvalue weighted by Gasteiger charge is 2.13. The number of nitrogen functional groups attached to an aromatic ring is 1. The predicted octanol–water partition coefficient (Wildman–Crippen LogP) is 2.93. The lowest BCUT2D eigenvalue weighted by Crippen LogP contribution is -2.27. The van der Waals surface area contributed by atoms with Crippen LogP contribution in [0.3, 0.4) is 0 Å². The van der Waals surface area contributed by atoms with Crippen molar-refractivity contribution >= 4 is 22.9 Å². The monoisotopic (exact) mass is 268 g/mol. The standard InChI is InChI=1S/C15H16N4O/c1-17-15-9-18-13-7-6-12(8-14(13)19-15)20-11-4-2-10(16)3-5-11/h2-8,18H,9,16H2,1H3,(H,17,19). The minimum absolute atomic E-state index is 0.710. The molecule has 0 spiro atoms. The number of amidine groups is 1. The number of fused-ring (bicyclic) bond motifs is 1. The summed E-state index contributed by atoms with van der Waals surface area (Å²) in [5.74, 6) is 2.43. The molecule has 0 fully saturated rings. The quantitative estimate of drug-likeness (QED) is 0.732. The maximum Gasteiger partial charge on any atom is 0.129 e. The lowest BCUT2D eigenvalue weighted by molar-refractivity contribution is 0.483. The second kappa shape index (κ2) is 5.13. The fraction of sp³-hybridized carbons (Fsp3) is 0.133. The summed E-state index contributed by atoms with van der Waals surface area (Å²) in [6.07, 6.45) is 0. The predicted molar refractivity (Wildman–Crippen MR) is 82.8 cm³/mol. The Bertz CT molecular complexity index is 649. The SMILES string of the molecule is CN=C1CNc2ccc(Oc3ccc(N)cc3)cc2N1. The van der Waals surface area contributed by atoms with Crippen molar-refractivity contribution in [1.29, 1.82) is 0 Å². The van der Waals surface area contributed by atoms with Gasteiger partial charge in [0.05, 0.1) is 17.9 Å². The lowest BCUT2D eigenvalue weighted by Gasteiger charge is -2.22. The van der Waals surface area contributed by atoms with Crippen LogP contribution in [0.25, 0.3) is 0 Å². The number of nitrogens with zero attached hydrogens (tertiary/aromatic N) is 1. The van der Waals surface area contributed by atoms with Crippen molar-refractivity contribution < 1.29 is 4.74 Å². The zero-order valence-electron chi connectivity index (χ0n) is 11.2. The molecule has 102 valence electrons. The number of ether oxygens (including phenoxy) is 1. The first kappa shape index (κ1) is 12.3. The van der Waals surface area contributed by atoms with Gasteiger partial charge in [-0.2, -0.15) is 0 Å². The van der Waals surface area contributed by atoms with E-state index in [9.17, 15) is 0 Å². The normalized spacial score (nSPS) is 15.2. The summed E-state index contributed by atoms with van der Waals surface area (Å²) < 4.78 is 5.81. The molecule has 20 heavy (non-hydrogen) atoms. The highest BCUT2D eigenvalue weighted by molar-refractivity contribution is 6.04. The van der Waals surface area contributed by atoms with Gasteiger partial charge in [0.25, 0.3) is 0 Å². The number of anilines is 3. The molecule has 0 amide bonds. The van der Waals surface area contributed by atoms with E-state index in [2.05, 4.69) is 15.6 Å². The largest absolute Gasteiger partial charge is 0.457 e. The van der Waals surface area contributed by atoms with Crippen LogP contribution in [0.4, 0.5) is 17.1 Å². The van der Waals surface area contributed by atoms with E-state index >= 15 is 0 Å². The van der Waals surface area contributed by atoms with Crippen molar-refractivity contribution in [3.63, 3.8) is 0 Å². The van der Waals surface area contributed by atoms with Gasteiger partial charge in [-0.1, -0.05) is 0 Å². The van der Waals surface area contributed by atoms with E-state index in [1.807, 2.05) is 42.5 Å². The molecular weight excluding hydrogens is 252 g/mol. The molecule has 0 radical (unpaired) electrons. The molecule has 1 heterocycles. The van der Waals surface area contributed by atoms with Crippen molar-refractivity contribution in [2.75, 3.05) is 30.0 Å². The highest BCUT2D eigenvalue weighted by atomic mass is 16.5. The van der Waals surface area contributed by atoms with Crippen molar-refractivity contribution in [2.45, 2.75) is 0 Å². The summed E-state index contributed by atoms with van der Waals surface area (Å²) >= 11 is 0. The van der Waals surface area contributed by atoms with E-state index < -0.39 is 0 Å². The van der Waals surface area contributed by atoms with Crippen LogP contribution in [0.5, 0.6) is 11.5 Å². The smallest absolute Gasteiger partial charge is 0.129 e. The molecule has 5 heteroatoms. The fourth-order valence-corrected chi connectivity index (χ4v) is 2.03. The zero-order valence-corrected chi connectivity index (χ0v) is 11.2. The molecule has 0 saturated carbocycles. The van der Waals surface area contributed by atoms with Gasteiger partial charge in [0, 0.05) is 18.8 Å². The number of aliphatic imine (C=N–C) groups is 1. The number of nitrogens with one attached hydrogen (secondary N) is 2. The van der Waals surface area contributed by atoms with Crippen molar-refractivity contribution in [2.24, 2.45) is 4.99 Å². The number of rotatable bonds is 2. The van der Waals surface area contributed by atoms with E-state index in [0.29, 0.717) is 6.54 Å². The third kappa shape index (κ3) is 2.51. The molecule has 0 atom stereocenters. The fourth-order valence-electron chi connectivity index (χ4n) is 2.03. The first-order valence-corrected chi connectivity index (χ1v) is 6.38. The molecule has 0 bridgehead atoms. The summed E-state index contributed by atoms with van der Waals surface area (Å²) in [5, 5.41) is 6.57. The Balaban J connectivity index is 1.83. The summed E-state index contributed by atoms with van der Waals surface area (Å²) in [6, 6.07) is 13.2. The molecule has 2 aromatic carbocycles. The maximum absolute atomic E-state index is 5.81. The Morgan fingerprint density at radius 1 is 1.05 bits per heavy atom. The first-order valence-electron chi connectivity index (χ1n) is 6.38. The molecule has 3 rings (SSSR count). The van der Waals surface area contributed by atoms with Crippen LogP contribution in [0, 0.1) is 0 Å². The average Bonchev–Trinajstić information content (AvgIpc) is 2.49. The molecule has 0 saturated heterocycles. The van der Waals surface area contributed by atoms with Gasteiger partial charge in [-0.15, -0.1) is 0 Å². The summed E-state index contributed by atoms with van der Waals surface area (Å²) in [7, 11) is 1.77.